The molecule has 1 saturated heterocycles. The molecule has 0 atom stereocenters. The molecule has 0 unspecified atom stereocenters. The summed E-state index contributed by atoms with van der Waals surface area (Å²) in [5.74, 6) is 0.934. The van der Waals surface area contributed by atoms with Crippen LogP contribution in [0.3, 0.4) is 0 Å². The maximum Gasteiger partial charge on any atom is 0.227 e. The van der Waals surface area contributed by atoms with Gasteiger partial charge < -0.3 is 10.1 Å². The van der Waals surface area contributed by atoms with Crippen molar-refractivity contribution < 1.29 is 9.53 Å². The van der Waals surface area contributed by atoms with E-state index in [1.54, 1.807) is 0 Å². The van der Waals surface area contributed by atoms with Crippen LogP contribution in [-0.4, -0.2) is 30.5 Å². The molecule has 1 fully saturated rings. The molecule has 26 heavy (non-hydrogen) atoms. The predicted molar refractivity (Wildman–Crippen MR) is 106 cm³/mol. The minimum absolute atomic E-state index is 0.0568. The Hall–Kier alpha value is -2.04. The number of carbonyl (C=O) groups is 1. The molecule has 0 saturated carbocycles. The molecule has 5 heteroatoms. The van der Waals surface area contributed by atoms with Crippen molar-refractivity contribution in [1.82, 2.24) is 4.90 Å². The highest BCUT2D eigenvalue weighted by Crippen LogP contribution is 2.23. The topological polar surface area (TPSA) is 41.6 Å². The number of carbonyl (C=O) groups excluding carboxylic acids is 1. The van der Waals surface area contributed by atoms with Crippen LogP contribution in [0.5, 0.6) is 5.75 Å². The van der Waals surface area contributed by atoms with E-state index in [2.05, 4.69) is 16.3 Å². The van der Waals surface area contributed by atoms with Gasteiger partial charge in [-0.1, -0.05) is 29.8 Å². The average Bonchev–Trinajstić information content (AvgIpc) is 2.63. The maximum atomic E-state index is 12.6. The van der Waals surface area contributed by atoms with Crippen LogP contribution in [-0.2, 0) is 11.3 Å². The minimum atomic E-state index is 0.0568. The molecule has 4 nitrogen and oxygen atoms in total. The van der Waals surface area contributed by atoms with Gasteiger partial charge in [0.2, 0.25) is 5.91 Å². The summed E-state index contributed by atoms with van der Waals surface area (Å²) < 4.78 is 5.49. The van der Waals surface area contributed by atoms with Crippen LogP contribution in [0, 0.1) is 5.92 Å². The summed E-state index contributed by atoms with van der Waals surface area (Å²) in [5.41, 5.74) is 2.01. The third kappa shape index (κ3) is 5.23. The number of halogens is 1. The van der Waals surface area contributed by atoms with Gasteiger partial charge in [0.15, 0.2) is 0 Å². The zero-order valence-corrected chi connectivity index (χ0v) is 15.8. The molecular formula is C21H25ClN2O2. The monoisotopic (exact) mass is 372 g/mol. The number of anilines is 1. The van der Waals surface area contributed by atoms with Crippen molar-refractivity contribution in [1.29, 1.82) is 0 Å². The lowest BCUT2D eigenvalue weighted by Gasteiger charge is -2.31. The largest absolute Gasteiger partial charge is 0.494 e. The summed E-state index contributed by atoms with van der Waals surface area (Å²) in [5, 5.41) is 3.80. The number of ether oxygens (including phenoxy) is 1. The van der Waals surface area contributed by atoms with E-state index in [4.69, 9.17) is 16.3 Å². The Morgan fingerprint density at radius 2 is 1.96 bits per heavy atom. The van der Waals surface area contributed by atoms with E-state index >= 15 is 0 Å². The zero-order valence-electron chi connectivity index (χ0n) is 15.1. The number of rotatable bonds is 6. The van der Waals surface area contributed by atoms with E-state index in [0.717, 1.165) is 48.9 Å². The molecule has 1 heterocycles. The van der Waals surface area contributed by atoms with Gasteiger partial charge in [-0.25, -0.2) is 0 Å². The lowest BCUT2D eigenvalue weighted by molar-refractivity contribution is -0.121. The second-order valence-electron chi connectivity index (χ2n) is 6.63. The number of nitrogens with one attached hydrogen (secondary N) is 1. The Morgan fingerprint density at radius 1 is 1.19 bits per heavy atom. The molecule has 1 N–H and O–H groups in total. The standard InChI is InChI=1S/C21H25ClN2O2/c1-2-26-20-8-4-7-19(14-20)23-21(25)17-9-11-24(12-10-17)15-16-5-3-6-18(22)13-16/h3-8,13-14,17H,2,9-12,15H2,1H3,(H,23,25). The van der Waals surface area contributed by atoms with Crippen molar-refractivity contribution in [3.05, 3.63) is 59.1 Å². The molecule has 138 valence electrons. The molecule has 0 aliphatic carbocycles. The Morgan fingerprint density at radius 3 is 2.69 bits per heavy atom. The molecule has 0 bridgehead atoms. The van der Waals surface area contributed by atoms with Crippen molar-refractivity contribution in [3.63, 3.8) is 0 Å². The minimum Gasteiger partial charge on any atom is -0.494 e. The highest BCUT2D eigenvalue weighted by atomic mass is 35.5. The third-order valence-corrected chi connectivity index (χ3v) is 4.90. The van der Waals surface area contributed by atoms with E-state index in [9.17, 15) is 4.79 Å². The lowest BCUT2D eigenvalue weighted by atomic mass is 9.95. The Labute approximate surface area is 160 Å². The van der Waals surface area contributed by atoms with Gasteiger partial charge in [0.05, 0.1) is 6.61 Å². The highest BCUT2D eigenvalue weighted by molar-refractivity contribution is 6.30. The summed E-state index contributed by atoms with van der Waals surface area (Å²) >= 11 is 6.05. The molecular weight excluding hydrogens is 348 g/mol. The van der Waals surface area contributed by atoms with E-state index in [1.807, 2.05) is 49.4 Å². The van der Waals surface area contributed by atoms with Gasteiger partial charge in [-0.2, -0.15) is 0 Å². The average molecular weight is 373 g/mol. The van der Waals surface area contributed by atoms with Gasteiger partial charge in [-0.3, -0.25) is 9.69 Å². The van der Waals surface area contributed by atoms with Crippen LogP contribution in [0.25, 0.3) is 0 Å². The fourth-order valence-corrected chi connectivity index (χ4v) is 3.53. The first-order chi connectivity index (χ1) is 12.6. The van der Waals surface area contributed by atoms with Gasteiger partial charge >= 0.3 is 0 Å². The van der Waals surface area contributed by atoms with Crippen LogP contribution >= 0.6 is 11.6 Å². The van der Waals surface area contributed by atoms with Gasteiger partial charge in [0.25, 0.3) is 0 Å². The first-order valence-corrected chi connectivity index (χ1v) is 9.52. The fraction of sp³-hybridized carbons (Fsp3) is 0.381. The number of nitrogens with zero attached hydrogens (tertiary/aromatic N) is 1. The number of piperidine rings is 1. The predicted octanol–water partition coefficient (Wildman–Crippen LogP) is 4.59. The normalized spacial score (nSPS) is 15.6. The van der Waals surface area contributed by atoms with Gasteiger partial charge in [0.1, 0.15) is 5.75 Å². The second-order valence-corrected chi connectivity index (χ2v) is 7.07. The zero-order chi connectivity index (χ0) is 18.4. The Bertz CT molecular complexity index is 742. The number of hydrogen-bond acceptors (Lipinski definition) is 3. The number of benzene rings is 2. The number of hydrogen-bond donors (Lipinski definition) is 1. The van der Waals surface area contributed by atoms with Crippen molar-refractivity contribution >= 4 is 23.2 Å². The van der Waals surface area contributed by atoms with Crippen LogP contribution < -0.4 is 10.1 Å². The molecule has 1 aliphatic heterocycles. The van der Waals surface area contributed by atoms with E-state index in [-0.39, 0.29) is 11.8 Å². The maximum absolute atomic E-state index is 12.6. The van der Waals surface area contributed by atoms with Gasteiger partial charge in [-0.15, -0.1) is 0 Å². The first-order valence-electron chi connectivity index (χ1n) is 9.14. The summed E-state index contributed by atoms with van der Waals surface area (Å²) in [7, 11) is 0. The molecule has 3 rings (SSSR count). The molecule has 0 aromatic heterocycles. The van der Waals surface area contributed by atoms with Crippen molar-refractivity contribution in [2.45, 2.75) is 26.3 Å². The van der Waals surface area contributed by atoms with E-state index < -0.39 is 0 Å². The molecule has 2 aromatic carbocycles. The number of amides is 1. The van der Waals surface area contributed by atoms with Crippen molar-refractivity contribution in [2.75, 3.05) is 25.0 Å². The van der Waals surface area contributed by atoms with Crippen LogP contribution in [0.15, 0.2) is 48.5 Å². The van der Waals surface area contributed by atoms with Crippen molar-refractivity contribution in [3.8, 4) is 5.75 Å². The summed E-state index contributed by atoms with van der Waals surface area (Å²) in [6.45, 7) is 5.28. The molecule has 1 aliphatic rings. The van der Waals surface area contributed by atoms with Gasteiger partial charge in [-0.05, 0) is 62.7 Å². The highest BCUT2D eigenvalue weighted by Gasteiger charge is 2.25. The van der Waals surface area contributed by atoms with Crippen LogP contribution in [0.2, 0.25) is 5.02 Å². The first kappa shape index (κ1) is 18.7. The lowest BCUT2D eigenvalue weighted by Crippen LogP contribution is -2.37. The van der Waals surface area contributed by atoms with Gasteiger partial charge in [0, 0.05) is 29.2 Å². The van der Waals surface area contributed by atoms with E-state index in [0.29, 0.717) is 6.61 Å². The Kier molecular flexibility index (Phi) is 6.53. The smallest absolute Gasteiger partial charge is 0.227 e. The molecule has 0 spiro atoms. The molecule has 2 aromatic rings. The van der Waals surface area contributed by atoms with Crippen molar-refractivity contribution in [2.24, 2.45) is 5.92 Å². The quantitative estimate of drug-likeness (QED) is 0.806. The Balaban J connectivity index is 1.49. The number of likely N-dealkylation sites (tertiary alicyclic amines) is 1. The second kappa shape index (κ2) is 9.06. The fourth-order valence-electron chi connectivity index (χ4n) is 3.32. The third-order valence-electron chi connectivity index (χ3n) is 4.67. The summed E-state index contributed by atoms with van der Waals surface area (Å²) in [6, 6.07) is 15.5. The van der Waals surface area contributed by atoms with Crippen LogP contribution in [0.4, 0.5) is 5.69 Å². The summed E-state index contributed by atoms with van der Waals surface area (Å²) in [4.78, 5) is 14.9. The summed E-state index contributed by atoms with van der Waals surface area (Å²) in [6.07, 6.45) is 1.75. The molecule has 1 amide bonds. The molecule has 0 radical (unpaired) electrons. The van der Waals surface area contributed by atoms with E-state index in [1.165, 1.54) is 5.56 Å². The van der Waals surface area contributed by atoms with Crippen LogP contribution in [0.1, 0.15) is 25.3 Å². The SMILES string of the molecule is CCOc1cccc(NC(=O)C2CCN(Cc3cccc(Cl)c3)CC2)c1.